The first-order valence-corrected chi connectivity index (χ1v) is 11.8. The summed E-state index contributed by atoms with van der Waals surface area (Å²) in [6.07, 6.45) is 0. The van der Waals surface area contributed by atoms with Crippen molar-refractivity contribution in [2.75, 3.05) is 11.8 Å². The highest BCUT2D eigenvalue weighted by molar-refractivity contribution is 7.54. The van der Waals surface area contributed by atoms with Crippen LogP contribution in [-0.2, 0) is 15.7 Å². The van der Waals surface area contributed by atoms with Crippen LogP contribution in [0.15, 0.2) is 12.1 Å². The van der Waals surface area contributed by atoms with Crippen molar-refractivity contribution < 1.29 is 14.0 Å². The number of nitrogens with one attached hydrogen (secondary N) is 2. The fourth-order valence-corrected chi connectivity index (χ4v) is 6.07. The van der Waals surface area contributed by atoms with Crippen LogP contribution in [0.4, 0.5) is 5.00 Å². The smallest absolute Gasteiger partial charge is 0.300 e. The highest BCUT2D eigenvalue weighted by atomic mass is 35.5. The molecule has 7 nitrogen and oxygen atoms in total. The molecule has 150 valence electrons. The highest BCUT2D eigenvalue weighted by Gasteiger charge is 2.32. The molecular weight excluding hydrogens is 420 g/mol. The SMILES string of the molecule is CC(C)[C@@H](CCl)NP(=O)(N[C@H](CCl)C(C)C)OCc1ccc([N+](=O)[O-])s1. The van der Waals surface area contributed by atoms with Gasteiger partial charge in [-0.1, -0.05) is 39.0 Å². The van der Waals surface area contributed by atoms with Crippen molar-refractivity contribution in [3.05, 3.63) is 27.1 Å². The van der Waals surface area contributed by atoms with E-state index in [0.29, 0.717) is 4.88 Å². The van der Waals surface area contributed by atoms with Crippen LogP contribution < -0.4 is 10.2 Å². The van der Waals surface area contributed by atoms with Gasteiger partial charge < -0.3 is 4.52 Å². The zero-order chi connectivity index (χ0) is 19.9. The second-order valence-corrected chi connectivity index (χ2v) is 10.2. The summed E-state index contributed by atoms with van der Waals surface area (Å²) in [7, 11) is -3.48. The summed E-state index contributed by atoms with van der Waals surface area (Å²) in [5.41, 5.74) is 0. The second-order valence-electron chi connectivity index (χ2n) is 6.59. The summed E-state index contributed by atoms with van der Waals surface area (Å²) in [6.45, 7) is 7.85. The minimum Gasteiger partial charge on any atom is -0.300 e. The largest absolute Gasteiger partial charge is 0.341 e. The Bertz CT molecular complexity index is 608. The molecule has 1 rings (SSSR count). The lowest BCUT2D eigenvalue weighted by Crippen LogP contribution is -2.42. The summed E-state index contributed by atoms with van der Waals surface area (Å²) in [5.74, 6) is 0.819. The number of halogens is 2. The first-order chi connectivity index (χ1) is 12.1. The molecule has 0 saturated heterocycles. The zero-order valence-corrected chi connectivity index (χ0v) is 18.5. The van der Waals surface area contributed by atoms with Gasteiger partial charge in [0.25, 0.3) is 0 Å². The normalized spacial score (nSPS) is 14.8. The van der Waals surface area contributed by atoms with Gasteiger partial charge in [-0.15, -0.1) is 23.2 Å². The van der Waals surface area contributed by atoms with E-state index in [2.05, 4.69) is 10.2 Å². The quantitative estimate of drug-likeness (QED) is 0.203. The number of nitrogens with zero attached hydrogens (tertiary/aromatic N) is 1. The molecule has 0 radical (unpaired) electrons. The summed E-state index contributed by atoms with van der Waals surface area (Å²) >= 11 is 13.0. The van der Waals surface area contributed by atoms with E-state index in [-0.39, 0.29) is 47.3 Å². The lowest BCUT2D eigenvalue weighted by atomic mass is 10.1. The van der Waals surface area contributed by atoms with Gasteiger partial charge in [-0.05, 0) is 17.9 Å². The van der Waals surface area contributed by atoms with Gasteiger partial charge >= 0.3 is 12.7 Å². The molecule has 2 atom stereocenters. The van der Waals surface area contributed by atoms with Crippen LogP contribution in [0.5, 0.6) is 0 Å². The molecule has 0 aromatic carbocycles. The van der Waals surface area contributed by atoms with Gasteiger partial charge in [-0.2, -0.15) is 0 Å². The van der Waals surface area contributed by atoms with E-state index >= 15 is 0 Å². The predicted octanol–water partition coefficient (Wildman–Crippen LogP) is 4.99. The average molecular weight is 446 g/mol. The number of hydrogen-bond acceptors (Lipinski definition) is 5. The van der Waals surface area contributed by atoms with Crippen LogP contribution in [0.1, 0.15) is 32.6 Å². The third-order valence-corrected chi connectivity index (χ3v) is 7.34. The monoisotopic (exact) mass is 445 g/mol. The second kappa shape index (κ2) is 11.0. The van der Waals surface area contributed by atoms with Crippen molar-refractivity contribution in [1.29, 1.82) is 0 Å². The number of alkyl halides is 2. The van der Waals surface area contributed by atoms with Crippen LogP contribution >= 0.6 is 42.2 Å². The van der Waals surface area contributed by atoms with Gasteiger partial charge in [0, 0.05) is 34.8 Å². The number of thiophene rings is 1. The molecule has 0 fully saturated rings. The molecular formula is C15H26Cl2N3O4PS. The first kappa shape index (κ1) is 23.8. The lowest BCUT2D eigenvalue weighted by molar-refractivity contribution is -0.380. The number of hydrogen-bond donors (Lipinski definition) is 2. The molecule has 0 unspecified atom stereocenters. The van der Waals surface area contributed by atoms with Crippen molar-refractivity contribution >= 4 is 47.2 Å². The van der Waals surface area contributed by atoms with Crippen molar-refractivity contribution in [2.24, 2.45) is 11.8 Å². The Morgan fingerprint density at radius 1 is 1.15 bits per heavy atom. The average Bonchev–Trinajstić information content (AvgIpc) is 3.05. The topological polar surface area (TPSA) is 93.5 Å². The molecule has 1 aromatic rings. The van der Waals surface area contributed by atoms with Crippen LogP contribution in [0.3, 0.4) is 0 Å². The van der Waals surface area contributed by atoms with Gasteiger partial charge in [0.2, 0.25) is 0 Å². The Balaban J connectivity index is 2.94. The van der Waals surface area contributed by atoms with E-state index in [1.54, 1.807) is 6.07 Å². The van der Waals surface area contributed by atoms with E-state index in [1.165, 1.54) is 6.07 Å². The molecule has 0 aliphatic rings. The van der Waals surface area contributed by atoms with Crippen molar-refractivity contribution in [3.63, 3.8) is 0 Å². The molecule has 0 aliphatic carbocycles. The molecule has 0 bridgehead atoms. The lowest BCUT2D eigenvalue weighted by Gasteiger charge is -2.31. The van der Waals surface area contributed by atoms with Gasteiger partial charge in [0.1, 0.15) is 0 Å². The molecule has 26 heavy (non-hydrogen) atoms. The fraction of sp³-hybridized carbons (Fsp3) is 0.733. The Morgan fingerprint density at radius 2 is 1.65 bits per heavy atom. The maximum atomic E-state index is 13.4. The van der Waals surface area contributed by atoms with Gasteiger partial charge in [-0.25, -0.2) is 10.2 Å². The Morgan fingerprint density at radius 3 is 2.00 bits per heavy atom. The molecule has 1 heterocycles. The van der Waals surface area contributed by atoms with E-state index in [0.717, 1.165) is 11.3 Å². The molecule has 0 saturated carbocycles. The van der Waals surface area contributed by atoms with Crippen LogP contribution in [0, 0.1) is 22.0 Å². The van der Waals surface area contributed by atoms with Gasteiger partial charge in [0.05, 0.1) is 11.5 Å². The molecule has 0 spiro atoms. The number of nitro groups is 1. The van der Waals surface area contributed by atoms with Crippen LogP contribution in [0.2, 0.25) is 0 Å². The van der Waals surface area contributed by atoms with Crippen molar-refractivity contribution in [2.45, 2.75) is 46.4 Å². The minimum absolute atomic E-state index is 0.0148. The molecule has 1 aromatic heterocycles. The highest BCUT2D eigenvalue weighted by Crippen LogP contribution is 2.42. The molecule has 11 heteroatoms. The zero-order valence-electron chi connectivity index (χ0n) is 15.3. The fourth-order valence-electron chi connectivity index (χ4n) is 1.97. The van der Waals surface area contributed by atoms with Crippen molar-refractivity contribution in [1.82, 2.24) is 10.2 Å². The maximum absolute atomic E-state index is 13.4. The molecule has 2 N–H and O–H groups in total. The van der Waals surface area contributed by atoms with E-state index < -0.39 is 12.6 Å². The van der Waals surface area contributed by atoms with Gasteiger partial charge in [0.15, 0.2) is 0 Å². The van der Waals surface area contributed by atoms with Crippen molar-refractivity contribution in [3.8, 4) is 0 Å². The minimum atomic E-state index is -3.48. The summed E-state index contributed by atoms with van der Waals surface area (Å²) in [4.78, 5) is 10.9. The van der Waals surface area contributed by atoms with E-state index in [9.17, 15) is 14.7 Å². The predicted molar refractivity (Wildman–Crippen MR) is 108 cm³/mol. The summed E-state index contributed by atoms with van der Waals surface area (Å²) in [6, 6.07) is 2.54. The Hall–Kier alpha value is -0.210. The van der Waals surface area contributed by atoms with E-state index in [1.807, 2.05) is 27.7 Å². The van der Waals surface area contributed by atoms with Crippen LogP contribution in [-0.4, -0.2) is 28.8 Å². The maximum Gasteiger partial charge on any atom is 0.341 e. The third-order valence-electron chi connectivity index (χ3n) is 3.83. The van der Waals surface area contributed by atoms with E-state index in [4.69, 9.17) is 27.7 Å². The first-order valence-electron chi connectivity index (χ1n) is 8.27. The standard InChI is InChI=1S/C15H26Cl2N3O4PS/c1-10(2)13(7-16)18-25(23,19-14(8-17)11(3)4)24-9-12-5-6-15(26-12)20(21)22/h5-6,10-11,13-14H,7-9H2,1-4H3,(H2,18,19,23)/t13-,14-/m1/s1. The van der Waals surface area contributed by atoms with Crippen LogP contribution in [0.25, 0.3) is 0 Å². The van der Waals surface area contributed by atoms with Gasteiger partial charge in [-0.3, -0.25) is 14.7 Å². The molecule has 0 aliphatic heterocycles. The molecule has 0 amide bonds. The number of rotatable bonds is 12. The Labute approximate surface area is 168 Å². The third kappa shape index (κ3) is 7.43. The summed E-state index contributed by atoms with van der Waals surface area (Å²) < 4.78 is 19.1. The summed E-state index contributed by atoms with van der Waals surface area (Å²) in [5, 5.41) is 16.8. The Kier molecular flexibility index (Phi) is 10.0.